The van der Waals surface area contributed by atoms with Crippen LogP contribution in [0.3, 0.4) is 0 Å². The molecule has 1 fully saturated rings. The third-order valence-electron chi connectivity index (χ3n) is 3.83. The summed E-state index contributed by atoms with van der Waals surface area (Å²) in [5.41, 5.74) is 3.64. The Morgan fingerprint density at radius 2 is 1.79 bits per heavy atom. The smallest absolute Gasteiger partial charge is 0.115 e. The van der Waals surface area contributed by atoms with Crippen LogP contribution >= 0.6 is 0 Å². The standard InChI is InChI=1S/C16H19N3/c1-4-8-16(14-9-17-12-18-10-14)13(5-1)11-19-15-6-2-3-7-15/h1,4-5,8-10,12,15,19H,2-3,6-7,11H2. The molecule has 19 heavy (non-hydrogen) atoms. The van der Waals surface area contributed by atoms with Gasteiger partial charge in [-0.15, -0.1) is 0 Å². The fourth-order valence-electron chi connectivity index (χ4n) is 2.78. The SMILES string of the molecule is c1ccc(-c2cncnc2)c(CNC2CCCC2)c1. The first-order valence-corrected chi connectivity index (χ1v) is 7.00. The van der Waals surface area contributed by atoms with E-state index in [1.54, 1.807) is 6.33 Å². The second kappa shape index (κ2) is 5.93. The second-order valence-electron chi connectivity index (χ2n) is 5.15. The highest BCUT2D eigenvalue weighted by molar-refractivity contribution is 5.65. The van der Waals surface area contributed by atoms with Crippen molar-refractivity contribution < 1.29 is 0 Å². The van der Waals surface area contributed by atoms with Crippen molar-refractivity contribution in [3.05, 3.63) is 48.5 Å². The molecule has 1 aromatic heterocycles. The molecule has 1 aliphatic rings. The van der Waals surface area contributed by atoms with Gasteiger partial charge in [0.15, 0.2) is 0 Å². The lowest BCUT2D eigenvalue weighted by Gasteiger charge is -2.14. The van der Waals surface area contributed by atoms with E-state index < -0.39 is 0 Å². The zero-order valence-electron chi connectivity index (χ0n) is 11.0. The minimum absolute atomic E-state index is 0.695. The first kappa shape index (κ1) is 12.3. The molecular weight excluding hydrogens is 234 g/mol. The molecule has 3 nitrogen and oxygen atoms in total. The van der Waals surface area contributed by atoms with Gasteiger partial charge in [0, 0.05) is 30.5 Å². The molecule has 0 amide bonds. The lowest BCUT2D eigenvalue weighted by atomic mass is 10.0. The van der Waals surface area contributed by atoms with Crippen LogP contribution in [0.15, 0.2) is 43.0 Å². The summed E-state index contributed by atoms with van der Waals surface area (Å²) in [7, 11) is 0. The van der Waals surface area contributed by atoms with Gasteiger partial charge in [0.25, 0.3) is 0 Å². The maximum absolute atomic E-state index is 4.11. The molecule has 0 spiro atoms. The highest BCUT2D eigenvalue weighted by atomic mass is 14.9. The van der Waals surface area contributed by atoms with Crippen LogP contribution in [-0.2, 0) is 6.54 Å². The normalized spacial score (nSPS) is 15.8. The first-order valence-electron chi connectivity index (χ1n) is 7.00. The van der Waals surface area contributed by atoms with E-state index in [4.69, 9.17) is 0 Å². The highest BCUT2D eigenvalue weighted by Crippen LogP contribution is 2.23. The second-order valence-corrected chi connectivity index (χ2v) is 5.15. The first-order chi connectivity index (χ1) is 9.43. The van der Waals surface area contributed by atoms with Gasteiger partial charge < -0.3 is 5.32 Å². The molecule has 0 bridgehead atoms. The minimum Gasteiger partial charge on any atom is -0.310 e. The number of benzene rings is 1. The molecule has 1 aliphatic carbocycles. The van der Waals surface area contributed by atoms with E-state index >= 15 is 0 Å². The van der Waals surface area contributed by atoms with E-state index in [2.05, 4.69) is 39.6 Å². The Hall–Kier alpha value is -1.74. The summed E-state index contributed by atoms with van der Waals surface area (Å²) in [4.78, 5) is 8.22. The van der Waals surface area contributed by atoms with Crippen molar-refractivity contribution in [1.29, 1.82) is 0 Å². The molecule has 1 aromatic carbocycles. The van der Waals surface area contributed by atoms with Crippen molar-refractivity contribution in [2.24, 2.45) is 0 Å². The fraction of sp³-hybridized carbons (Fsp3) is 0.375. The summed E-state index contributed by atoms with van der Waals surface area (Å²) in [6.45, 7) is 0.926. The Bertz CT molecular complexity index is 519. The van der Waals surface area contributed by atoms with E-state index in [1.165, 1.54) is 36.8 Å². The number of hydrogen-bond donors (Lipinski definition) is 1. The van der Waals surface area contributed by atoms with Gasteiger partial charge in [0.1, 0.15) is 6.33 Å². The maximum Gasteiger partial charge on any atom is 0.115 e. The van der Waals surface area contributed by atoms with Gasteiger partial charge in [0.05, 0.1) is 0 Å². The van der Waals surface area contributed by atoms with Gasteiger partial charge in [-0.25, -0.2) is 9.97 Å². The number of nitrogens with one attached hydrogen (secondary N) is 1. The maximum atomic E-state index is 4.11. The number of hydrogen-bond acceptors (Lipinski definition) is 3. The van der Waals surface area contributed by atoms with E-state index in [1.807, 2.05) is 12.4 Å². The van der Waals surface area contributed by atoms with Gasteiger partial charge in [-0.1, -0.05) is 37.1 Å². The van der Waals surface area contributed by atoms with Crippen LogP contribution in [0, 0.1) is 0 Å². The quantitative estimate of drug-likeness (QED) is 0.909. The van der Waals surface area contributed by atoms with Crippen molar-refractivity contribution >= 4 is 0 Å². The molecule has 2 aromatic rings. The van der Waals surface area contributed by atoms with Crippen molar-refractivity contribution in [2.45, 2.75) is 38.3 Å². The predicted molar refractivity (Wildman–Crippen MR) is 76.6 cm³/mol. The van der Waals surface area contributed by atoms with Gasteiger partial charge in [-0.05, 0) is 24.0 Å². The van der Waals surface area contributed by atoms with Gasteiger partial charge in [-0.2, -0.15) is 0 Å². The van der Waals surface area contributed by atoms with Crippen molar-refractivity contribution in [3.8, 4) is 11.1 Å². The van der Waals surface area contributed by atoms with Crippen LogP contribution in [0.5, 0.6) is 0 Å². The highest BCUT2D eigenvalue weighted by Gasteiger charge is 2.14. The zero-order valence-corrected chi connectivity index (χ0v) is 11.0. The zero-order chi connectivity index (χ0) is 12.9. The lowest BCUT2D eigenvalue weighted by Crippen LogP contribution is -2.25. The van der Waals surface area contributed by atoms with Crippen molar-refractivity contribution in [1.82, 2.24) is 15.3 Å². The third-order valence-corrected chi connectivity index (χ3v) is 3.83. The summed E-state index contributed by atoms with van der Waals surface area (Å²) in [6, 6.07) is 9.19. The average molecular weight is 253 g/mol. The summed E-state index contributed by atoms with van der Waals surface area (Å²) >= 11 is 0. The molecule has 3 heteroatoms. The minimum atomic E-state index is 0.695. The topological polar surface area (TPSA) is 37.8 Å². The molecule has 0 saturated heterocycles. The van der Waals surface area contributed by atoms with E-state index in [-0.39, 0.29) is 0 Å². The third kappa shape index (κ3) is 2.99. The fourth-order valence-corrected chi connectivity index (χ4v) is 2.78. The average Bonchev–Trinajstić information content (AvgIpc) is 3.00. The summed E-state index contributed by atoms with van der Waals surface area (Å²) in [5.74, 6) is 0. The number of nitrogens with zero attached hydrogens (tertiary/aromatic N) is 2. The lowest BCUT2D eigenvalue weighted by molar-refractivity contribution is 0.524. The molecule has 1 saturated carbocycles. The monoisotopic (exact) mass is 253 g/mol. The molecule has 3 rings (SSSR count). The number of rotatable bonds is 4. The van der Waals surface area contributed by atoms with Crippen LogP contribution in [0.25, 0.3) is 11.1 Å². The largest absolute Gasteiger partial charge is 0.310 e. The van der Waals surface area contributed by atoms with Gasteiger partial charge >= 0.3 is 0 Å². The molecular formula is C16H19N3. The Kier molecular flexibility index (Phi) is 3.84. The Balaban J connectivity index is 1.77. The van der Waals surface area contributed by atoms with Gasteiger partial charge in [-0.3, -0.25) is 0 Å². The molecule has 1 heterocycles. The molecule has 0 unspecified atom stereocenters. The van der Waals surface area contributed by atoms with Crippen LogP contribution in [0.1, 0.15) is 31.2 Å². The van der Waals surface area contributed by atoms with E-state index in [9.17, 15) is 0 Å². The summed E-state index contributed by atoms with van der Waals surface area (Å²) < 4.78 is 0. The number of aromatic nitrogens is 2. The Morgan fingerprint density at radius 1 is 1.05 bits per heavy atom. The van der Waals surface area contributed by atoms with Crippen LogP contribution in [-0.4, -0.2) is 16.0 Å². The van der Waals surface area contributed by atoms with Crippen LogP contribution in [0.4, 0.5) is 0 Å². The van der Waals surface area contributed by atoms with Crippen LogP contribution < -0.4 is 5.32 Å². The van der Waals surface area contributed by atoms with Crippen LogP contribution in [0.2, 0.25) is 0 Å². The van der Waals surface area contributed by atoms with Crippen molar-refractivity contribution in [3.63, 3.8) is 0 Å². The van der Waals surface area contributed by atoms with Crippen molar-refractivity contribution in [2.75, 3.05) is 0 Å². The predicted octanol–water partition coefficient (Wildman–Crippen LogP) is 3.18. The van der Waals surface area contributed by atoms with E-state index in [0.29, 0.717) is 6.04 Å². The molecule has 98 valence electrons. The molecule has 0 atom stereocenters. The molecule has 1 N–H and O–H groups in total. The molecule has 0 radical (unpaired) electrons. The van der Waals surface area contributed by atoms with Gasteiger partial charge in [0.2, 0.25) is 0 Å². The summed E-state index contributed by atoms with van der Waals surface area (Å²) in [5, 5.41) is 3.67. The Morgan fingerprint density at radius 3 is 2.58 bits per heavy atom. The summed E-state index contributed by atoms with van der Waals surface area (Å²) in [6.07, 6.45) is 10.7. The van der Waals surface area contributed by atoms with E-state index in [0.717, 1.165) is 12.1 Å². The molecule has 0 aliphatic heterocycles. The Labute approximate surface area is 114 Å².